The maximum atomic E-state index is 6.11. The van der Waals surface area contributed by atoms with Gasteiger partial charge in [-0.3, -0.25) is 0 Å². The van der Waals surface area contributed by atoms with Gasteiger partial charge >= 0.3 is 0 Å². The second-order valence-corrected chi connectivity index (χ2v) is 40.8. The van der Waals surface area contributed by atoms with E-state index >= 15 is 0 Å². The van der Waals surface area contributed by atoms with E-state index in [9.17, 15) is 0 Å². The molecule has 3 nitrogen and oxygen atoms in total. The van der Waals surface area contributed by atoms with Crippen LogP contribution in [-0.4, -0.2) is 45.6 Å². The zero-order valence-corrected chi connectivity index (χ0v) is 49.9. The Bertz CT molecular complexity index is 1570. The summed E-state index contributed by atoms with van der Waals surface area (Å²) >= 11 is 0. The normalized spacial score (nSPS) is 12.3. The molecule has 0 aliphatic heterocycles. The van der Waals surface area contributed by atoms with Gasteiger partial charge in [0.05, 0.1) is 32.2 Å². The molecule has 67 heavy (non-hydrogen) atoms. The van der Waals surface area contributed by atoms with Crippen LogP contribution in [-0.2, 0) is 30.2 Å². The molecule has 0 unspecified atom stereocenters. The Morgan fingerprint density at radius 3 is 0.821 bits per heavy atom. The number of benzene rings is 3. The maximum Gasteiger partial charge on any atom is 0.167 e. The van der Waals surface area contributed by atoms with Gasteiger partial charge in [-0.15, -0.1) is 0 Å². The van der Waals surface area contributed by atoms with E-state index in [1.807, 2.05) is 21.3 Å². The number of methoxy groups -OCH3 is 3. The summed E-state index contributed by atoms with van der Waals surface area (Å²) in [7, 11) is 1.50. The summed E-state index contributed by atoms with van der Waals surface area (Å²) in [6, 6.07) is 30.0. The van der Waals surface area contributed by atoms with E-state index in [1.165, 1.54) is 202 Å². The minimum Gasteiger partial charge on any atom is -0.496 e. The molecule has 0 aliphatic rings. The van der Waals surface area contributed by atoms with Crippen LogP contribution in [0.25, 0.3) is 0 Å². The van der Waals surface area contributed by atoms with Crippen molar-refractivity contribution in [2.45, 2.75) is 265 Å². The van der Waals surface area contributed by atoms with Gasteiger partial charge in [0.1, 0.15) is 17.2 Å². The molecule has 7 heteroatoms. The van der Waals surface area contributed by atoms with Gasteiger partial charge in [-0.2, -0.15) is 0 Å². The summed E-state index contributed by atoms with van der Waals surface area (Å²) in [6.45, 7) is 22.7. The van der Waals surface area contributed by atoms with Crippen LogP contribution in [0.1, 0.15) is 172 Å². The molecule has 0 amide bonds. The highest BCUT2D eigenvalue weighted by molar-refractivity contribution is 7.97. The van der Waals surface area contributed by atoms with Crippen LogP contribution < -0.4 is 14.2 Å². The second-order valence-electron chi connectivity index (χ2n) is 22.8. The molecule has 0 N–H and O–H groups in total. The predicted octanol–water partition coefficient (Wildman–Crippen LogP) is 19.8. The number of hydrogen-bond donors (Lipinski definition) is 0. The lowest BCUT2D eigenvalue weighted by Crippen LogP contribution is -2.24. The minimum absolute atomic E-state index is 0.309. The van der Waals surface area contributed by atoms with Crippen LogP contribution in [0.15, 0.2) is 69.3 Å². The van der Waals surface area contributed by atoms with Gasteiger partial charge in [0.2, 0.25) is 0 Å². The number of ether oxygens (including phenoxy) is 3. The molecule has 380 valence electrons. The van der Waals surface area contributed by atoms with Crippen LogP contribution in [0.3, 0.4) is 0 Å². The summed E-state index contributed by atoms with van der Waals surface area (Å²) in [5, 5.41) is 0. The average Bonchev–Trinajstić information content (AvgIpc) is 3.30. The van der Waals surface area contributed by atoms with Crippen molar-refractivity contribution in [3.05, 3.63) is 71.3 Å². The fourth-order valence-corrected chi connectivity index (χ4v) is 20.4. The third-order valence-corrected chi connectivity index (χ3v) is 27.4. The summed E-state index contributed by atoms with van der Waals surface area (Å²) in [4.78, 5) is 4.14. The van der Waals surface area contributed by atoms with E-state index in [-0.39, 0.29) is 10.9 Å². The van der Waals surface area contributed by atoms with E-state index in [2.05, 4.69) is 115 Å². The number of aryl methyl sites for hydroxylation is 3. The van der Waals surface area contributed by atoms with E-state index < -0.39 is 24.2 Å². The number of rotatable bonds is 39. The zero-order chi connectivity index (χ0) is 49.0. The Kier molecular flexibility index (Phi) is 29.1. The molecule has 0 radical (unpaired) electrons. The average molecular weight is 991 g/mol. The maximum absolute atomic E-state index is 6.11. The SMILES string of the molecule is CCCCCCCC[Si](C)(C)CCCc1cc([S+](c2ccc(OC)c(CCC[Si](C)(C)CCCCCCCC)c2)c2ccc(OC)c(CCC[Si](C)(C)CCCCCCCC)c2)ccc1OC. The van der Waals surface area contributed by atoms with Gasteiger partial charge < -0.3 is 14.2 Å². The van der Waals surface area contributed by atoms with Crippen LogP contribution >= 0.6 is 0 Å². The Morgan fingerprint density at radius 2 is 0.567 bits per heavy atom. The monoisotopic (exact) mass is 990 g/mol. The summed E-state index contributed by atoms with van der Waals surface area (Å²) in [5.74, 6) is 3.11. The van der Waals surface area contributed by atoms with Crippen LogP contribution in [0.4, 0.5) is 0 Å². The van der Waals surface area contributed by atoms with Gasteiger partial charge in [0, 0.05) is 42.4 Å². The van der Waals surface area contributed by atoms with Crippen molar-refractivity contribution in [2.24, 2.45) is 0 Å². The molecule has 0 heterocycles. The molecule has 0 atom stereocenters. The Morgan fingerprint density at radius 1 is 0.328 bits per heavy atom. The van der Waals surface area contributed by atoms with Crippen molar-refractivity contribution >= 4 is 35.1 Å². The number of unbranched alkanes of at least 4 members (excludes halogenated alkanes) is 15. The topological polar surface area (TPSA) is 27.7 Å². The zero-order valence-electron chi connectivity index (χ0n) is 46.0. The van der Waals surface area contributed by atoms with Gasteiger partial charge in [0.25, 0.3) is 0 Å². The fourth-order valence-electron chi connectivity index (χ4n) is 10.4. The molecule has 0 fully saturated rings. The van der Waals surface area contributed by atoms with Gasteiger partial charge in [-0.05, 0) is 72.4 Å². The third-order valence-electron chi connectivity index (χ3n) is 15.0. The highest BCUT2D eigenvalue weighted by Crippen LogP contribution is 2.39. The molecule has 0 saturated carbocycles. The smallest absolute Gasteiger partial charge is 0.167 e. The van der Waals surface area contributed by atoms with Crippen molar-refractivity contribution in [1.82, 2.24) is 0 Å². The lowest BCUT2D eigenvalue weighted by atomic mass is 10.1. The van der Waals surface area contributed by atoms with Crippen LogP contribution in [0, 0.1) is 0 Å². The lowest BCUT2D eigenvalue weighted by Gasteiger charge is -2.23. The van der Waals surface area contributed by atoms with Gasteiger partial charge in [-0.1, -0.05) is 231 Å². The van der Waals surface area contributed by atoms with Crippen LogP contribution in [0.5, 0.6) is 17.2 Å². The van der Waals surface area contributed by atoms with E-state index in [1.54, 1.807) is 0 Å². The molecule has 0 bridgehead atoms. The van der Waals surface area contributed by atoms with Gasteiger partial charge in [-0.25, -0.2) is 0 Å². The summed E-state index contributed by atoms with van der Waals surface area (Å²) < 4.78 is 18.3. The quantitative estimate of drug-likeness (QED) is 0.0324. The molecule has 3 aromatic rings. The molecule has 3 aromatic carbocycles. The van der Waals surface area contributed by atoms with Crippen molar-refractivity contribution in [2.75, 3.05) is 21.3 Å². The lowest BCUT2D eigenvalue weighted by molar-refractivity contribution is 0.409. The Hall–Kier alpha value is -1.94. The first kappa shape index (κ1) is 59.4. The standard InChI is InChI=1S/C60H105O3SSi3/c1-13-16-19-22-25-28-43-65(7,8)46-31-34-52-49-55(37-40-58(52)61-4)64(56-38-41-59(62-5)53(50-56)35-32-47-66(9,10)44-29-26-23-20-17-14-2)57-39-42-60(63-6)54(51-57)36-33-48-67(11,12)45-30-27-24-21-18-15-3/h37-42,49-51H,13-36,43-48H2,1-12H3/q+1. The van der Waals surface area contributed by atoms with Gasteiger partial charge in [0.15, 0.2) is 14.7 Å². The van der Waals surface area contributed by atoms with Crippen molar-refractivity contribution in [3.8, 4) is 17.2 Å². The molecular formula is C60H105O3SSi3+. The van der Waals surface area contributed by atoms with E-state index in [0.29, 0.717) is 0 Å². The van der Waals surface area contributed by atoms with E-state index in [4.69, 9.17) is 14.2 Å². The minimum atomic E-state index is -1.26. The molecule has 0 aliphatic carbocycles. The molecule has 0 saturated heterocycles. The summed E-state index contributed by atoms with van der Waals surface area (Å²) in [5.41, 5.74) is 4.08. The second kappa shape index (κ2) is 32.9. The highest BCUT2D eigenvalue weighted by Gasteiger charge is 2.32. The largest absolute Gasteiger partial charge is 0.496 e. The Labute approximate surface area is 421 Å². The highest BCUT2D eigenvalue weighted by atomic mass is 32.2. The molecule has 3 rings (SSSR count). The van der Waals surface area contributed by atoms with Crippen LogP contribution in [0.2, 0.25) is 75.5 Å². The molecular weight excluding hydrogens is 885 g/mol. The first-order valence-electron chi connectivity index (χ1n) is 28.0. The van der Waals surface area contributed by atoms with E-state index in [0.717, 1.165) is 36.5 Å². The molecule has 0 spiro atoms. The van der Waals surface area contributed by atoms with Crippen molar-refractivity contribution in [1.29, 1.82) is 0 Å². The Balaban J connectivity index is 1.94. The fraction of sp³-hybridized carbons (Fsp3) is 0.700. The number of hydrogen-bond acceptors (Lipinski definition) is 3. The van der Waals surface area contributed by atoms with Crippen molar-refractivity contribution < 1.29 is 14.2 Å². The summed E-state index contributed by atoms with van der Waals surface area (Å²) in [6.07, 6.45) is 32.0. The first-order valence-corrected chi connectivity index (χ1v) is 39.4. The predicted molar refractivity (Wildman–Crippen MR) is 308 cm³/mol. The first-order chi connectivity index (χ1) is 32.2. The third kappa shape index (κ3) is 23.2. The van der Waals surface area contributed by atoms with Crippen molar-refractivity contribution in [3.63, 3.8) is 0 Å². The molecule has 0 aromatic heterocycles.